The van der Waals surface area contributed by atoms with E-state index in [1.165, 1.54) is 21.9 Å². The molecule has 0 amide bonds. The Kier molecular flexibility index (Phi) is 5.08. The molecule has 0 fully saturated rings. The van der Waals surface area contributed by atoms with Crippen LogP contribution in [0.25, 0.3) is 33.5 Å². The van der Waals surface area contributed by atoms with Crippen LogP contribution in [-0.2, 0) is 5.41 Å². The molecule has 1 aliphatic rings. The van der Waals surface area contributed by atoms with Crippen LogP contribution in [0.15, 0.2) is 121 Å². The van der Waals surface area contributed by atoms with Crippen molar-refractivity contribution in [1.82, 2.24) is 15.0 Å². The average molecular weight is 491 g/mol. The van der Waals surface area contributed by atoms with E-state index in [2.05, 4.69) is 79.4 Å². The molecule has 0 bridgehead atoms. The molecule has 0 radical (unpaired) electrons. The molecule has 38 heavy (non-hydrogen) atoms. The number of fused-ring (bicyclic) bond motifs is 3. The highest BCUT2D eigenvalue weighted by Crippen LogP contribution is 2.52. The highest BCUT2D eigenvalue weighted by atomic mass is 15.3. The van der Waals surface area contributed by atoms with Crippen molar-refractivity contribution in [3.63, 3.8) is 0 Å². The number of aromatic nitrogens is 3. The van der Waals surface area contributed by atoms with Crippen molar-refractivity contribution in [2.24, 2.45) is 0 Å². The van der Waals surface area contributed by atoms with Gasteiger partial charge in [0.25, 0.3) is 0 Å². The summed E-state index contributed by atoms with van der Waals surface area (Å²) in [6.07, 6.45) is 0. The fourth-order valence-corrected chi connectivity index (χ4v) is 5.50. The first-order valence-corrected chi connectivity index (χ1v) is 12.9. The molecule has 0 N–H and O–H groups in total. The molecule has 6 aromatic rings. The number of benzene rings is 5. The van der Waals surface area contributed by atoms with Crippen molar-refractivity contribution in [3.05, 3.63) is 132 Å². The first-order chi connectivity index (χ1) is 18.6. The van der Waals surface area contributed by atoms with Crippen LogP contribution in [-0.4, -0.2) is 15.0 Å². The predicted octanol–water partition coefficient (Wildman–Crippen LogP) is 8.47. The van der Waals surface area contributed by atoms with Gasteiger partial charge in [0, 0.05) is 16.5 Å². The predicted molar refractivity (Wildman–Crippen MR) is 155 cm³/mol. The highest BCUT2D eigenvalue weighted by Gasteiger charge is 2.38. The number of rotatable bonds is 3. The SMILES string of the molecule is CC1(C)c2ccccc2N(c2nc(-c3ccccc3)nc(-c3ccccc3)n2)c2cc3ccccc3cc21. The first-order valence-electron chi connectivity index (χ1n) is 12.9. The fraction of sp³-hybridized carbons (Fsp3) is 0.0882. The van der Waals surface area contributed by atoms with Gasteiger partial charge in [-0.2, -0.15) is 9.97 Å². The molecule has 0 saturated heterocycles. The second-order valence-electron chi connectivity index (χ2n) is 10.2. The van der Waals surface area contributed by atoms with Gasteiger partial charge in [0.15, 0.2) is 11.6 Å². The molecule has 4 heteroatoms. The van der Waals surface area contributed by atoms with Crippen LogP contribution in [0.2, 0.25) is 0 Å². The van der Waals surface area contributed by atoms with Crippen molar-refractivity contribution < 1.29 is 0 Å². The van der Waals surface area contributed by atoms with Crippen molar-refractivity contribution in [3.8, 4) is 22.8 Å². The summed E-state index contributed by atoms with van der Waals surface area (Å²) in [4.78, 5) is 17.3. The van der Waals surface area contributed by atoms with E-state index in [1.54, 1.807) is 0 Å². The van der Waals surface area contributed by atoms with Gasteiger partial charge in [-0.05, 0) is 40.1 Å². The molecule has 2 heterocycles. The normalized spacial score (nSPS) is 13.7. The van der Waals surface area contributed by atoms with Crippen molar-refractivity contribution in [1.29, 1.82) is 0 Å². The smallest absolute Gasteiger partial charge is 0.238 e. The Labute approximate surface area is 222 Å². The molecule has 1 aliphatic heterocycles. The number of para-hydroxylation sites is 1. The van der Waals surface area contributed by atoms with E-state index in [-0.39, 0.29) is 5.41 Å². The number of nitrogens with zero attached hydrogens (tertiary/aromatic N) is 4. The Morgan fingerprint density at radius 3 is 1.66 bits per heavy atom. The largest absolute Gasteiger partial charge is 0.278 e. The molecule has 0 aliphatic carbocycles. The second kappa shape index (κ2) is 8.63. The number of anilines is 3. The molecule has 0 spiro atoms. The Bertz CT molecular complexity index is 1740. The molecule has 0 atom stereocenters. The molecular formula is C34H26N4. The summed E-state index contributed by atoms with van der Waals surface area (Å²) in [5, 5.41) is 2.41. The lowest BCUT2D eigenvalue weighted by molar-refractivity contribution is 0.631. The van der Waals surface area contributed by atoms with Crippen molar-refractivity contribution in [2.75, 3.05) is 4.90 Å². The third kappa shape index (κ3) is 3.57. The molecule has 0 saturated carbocycles. The van der Waals surface area contributed by atoms with E-state index < -0.39 is 0 Å². The summed E-state index contributed by atoms with van der Waals surface area (Å²) in [5.41, 5.74) is 6.39. The zero-order valence-electron chi connectivity index (χ0n) is 21.3. The average Bonchev–Trinajstić information content (AvgIpc) is 2.97. The lowest BCUT2D eigenvalue weighted by Crippen LogP contribution is -2.31. The molecule has 4 nitrogen and oxygen atoms in total. The summed E-state index contributed by atoms with van der Waals surface area (Å²) in [5.74, 6) is 1.91. The summed E-state index contributed by atoms with van der Waals surface area (Å²) in [6.45, 7) is 4.60. The van der Waals surface area contributed by atoms with Gasteiger partial charge >= 0.3 is 0 Å². The third-order valence-electron chi connectivity index (χ3n) is 7.48. The van der Waals surface area contributed by atoms with E-state index in [9.17, 15) is 0 Å². The molecule has 0 unspecified atom stereocenters. The highest BCUT2D eigenvalue weighted by molar-refractivity contribution is 5.94. The summed E-state index contributed by atoms with van der Waals surface area (Å²) in [7, 11) is 0. The maximum absolute atomic E-state index is 5.08. The van der Waals surface area contributed by atoms with Crippen molar-refractivity contribution >= 4 is 28.1 Å². The second-order valence-corrected chi connectivity index (χ2v) is 10.2. The van der Waals surface area contributed by atoms with Gasteiger partial charge < -0.3 is 0 Å². The standard InChI is InChI=1S/C34H26N4/c1-34(2)27-19-11-12-20-29(27)38(30-22-26-18-10-9-17-25(26)21-28(30)34)33-36-31(23-13-5-3-6-14-23)35-32(37-33)24-15-7-4-8-16-24/h3-22H,1-2H3. The Balaban J connectivity index is 1.54. The van der Waals surface area contributed by atoms with Gasteiger partial charge in [0.1, 0.15) is 0 Å². The van der Waals surface area contributed by atoms with E-state index in [1.807, 2.05) is 60.7 Å². The molecule has 182 valence electrons. The van der Waals surface area contributed by atoms with Gasteiger partial charge in [-0.3, -0.25) is 4.90 Å². The maximum atomic E-state index is 5.08. The lowest BCUT2D eigenvalue weighted by atomic mass is 9.73. The Morgan fingerprint density at radius 1 is 0.500 bits per heavy atom. The van der Waals surface area contributed by atoms with Gasteiger partial charge in [0.05, 0.1) is 11.4 Å². The van der Waals surface area contributed by atoms with Gasteiger partial charge in [-0.1, -0.05) is 117 Å². The van der Waals surface area contributed by atoms with Crippen LogP contribution in [0.1, 0.15) is 25.0 Å². The Hall–Kier alpha value is -4.83. The summed E-state index contributed by atoms with van der Waals surface area (Å²) < 4.78 is 0. The van der Waals surface area contributed by atoms with Crippen LogP contribution in [0, 0.1) is 0 Å². The van der Waals surface area contributed by atoms with E-state index in [0.717, 1.165) is 22.5 Å². The minimum atomic E-state index is -0.190. The zero-order valence-corrected chi connectivity index (χ0v) is 21.3. The van der Waals surface area contributed by atoms with Crippen LogP contribution in [0.3, 0.4) is 0 Å². The molecular weight excluding hydrogens is 464 g/mol. The van der Waals surface area contributed by atoms with Crippen LogP contribution in [0.4, 0.5) is 17.3 Å². The minimum absolute atomic E-state index is 0.190. The maximum Gasteiger partial charge on any atom is 0.238 e. The van der Waals surface area contributed by atoms with Crippen LogP contribution < -0.4 is 4.90 Å². The molecule has 1 aromatic heterocycles. The first kappa shape index (κ1) is 22.4. The molecule has 7 rings (SSSR count). The minimum Gasteiger partial charge on any atom is -0.278 e. The van der Waals surface area contributed by atoms with Crippen molar-refractivity contribution in [2.45, 2.75) is 19.3 Å². The van der Waals surface area contributed by atoms with E-state index in [0.29, 0.717) is 17.6 Å². The quantitative estimate of drug-likeness (QED) is 0.249. The van der Waals surface area contributed by atoms with Gasteiger partial charge in [0.2, 0.25) is 5.95 Å². The monoisotopic (exact) mass is 490 g/mol. The topological polar surface area (TPSA) is 41.9 Å². The van der Waals surface area contributed by atoms with Gasteiger partial charge in [-0.25, -0.2) is 4.98 Å². The molecule has 5 aromatic carbocycles. The van der Waals surface area contributed by atoms with E-state index in [4.69, 9.17) is 15.0 Å². The number of hydrogen-bond donors (Lipinski definition) is 0. The van der Waals surface area contributed by atoms with Crippen LogP contribution >= 0.6 is 0 Å². The third-order valence-corrected chi connectivity index (χ3v) is 7.48. The summed E-state index contributed by atoms with van der Waals surface area (Å²) in [6, 6.07) is 42.0. The number of hydrogen-bond acceptors (Lipinski definition) is 4. The Morgan fingerprint density at radius 2 is 1.03 bits per heavy atom. The van der Waals surface area contributed by atoms with Gasteiger partial charge in [-0.15, -0.1) is 0 Å². The lowest BCUT2D eigenvalue weighted by Gasteiger charge is -2.41. The fourth-order valence-electron chi connectivity index (χ4n) is 5.50. The zero-order chi connectivity index (χ0) is 25.7. The van der Waals surface area contributed by atoms with Crippen LogP contribution in [0.5, 0.6) is 0 Å². The van der Waals surface area contributed by atoms with E-state index >= 15 is 0 Å². The summed E-state index contributed by atoms with van der Waals surface area (Å²) >= 11 is 0.